The number of nitrogens with zero attached hydrogens (tertiary/aromatic N) is 2. The first-order chi connectivity index (χ1) is 9.20. The van der Waals surface area contributed by atoms with Crippen LogP contribution in [0.5, 0.6) is 0 Å². The standard InChI is InChI=1S/C14H20N2O2S/c1-11(19-13-6-2-3-7-15-13)14(18)16-8-4-5-12(9-16)10-17/h2-3,6-7,11-12,17H,4-5,8-10H2,1H3. The van der Waals surface area contributed by atoms with Gasteiger partial charge in [-0.3, -0.25) is 4.79 Å². The zero-order valence-corrected chi connectivity index (χ0v) is 12.0. The highest BCUT2D eigenvalue weighted by atomic mass is 32.2. The second-order valence-electron chi connectivity index (χ2n) is 4.90. The zero-order chi connectivity index (χ0) is 13.7. The third kappa shape index (κ3) is 3.94. The summed E-state index contributed by atoms with van der Waals surface area (Å²) in [6.45, 7) is 3.58. The van der Waals surface area contributed by atoms with E-state index in [9.17, 15) is 9.90 Å². The van der Waals surface area contributed by atoms with Gasteiger partial charge in [0, 0.05) is 25.9 Å². The minimum atomic E-state index is -0.132. The number of aromatic nitrogens is 1. The van der Waals surface area contributed by atoms with Crippen LogP contribution in [0, 0.1) is 5.92 Å². The minimum absolute atomic E-state index is 0.132. The summed E-state index contributed by atoms with van der Waals surface area (Å²) >= 11 is 1.49. The van der Waals surface area contributed by atoms with E-state index in [2.05, 4.69) is 4.98 Å². The first-order valence-electron chi connectivity index (χ1n) is 6.68. The number of amides is 1. The van der Waals surface area contributed by atoms with Crippen LogP contribution in [0.15, 0.2) is 29.4 Å². The number of aliphatic hydroxyl groups is 1. The fourth-order valence-corrected chi connectivity index (χ4v) is 3.21. The second-order valence-corrected chi connectivity index (χ2v) is 6.26. The van der Waals surface area contributed by atoms with Crippen LogP contribution in [0.3, 0.4) is 0 Å². The number of aliphatic hydroxyl groups excluding tert-OH is 1. The van der Waals surface area contributed by atoms with E-state index in [-0.39, 0.29) is 23.7 Å². The predicted molar refractivity (Wildman–Crippen MR) is 75.9 cm³/mol. The number of thioether (sulfide) groups is 1. The van der Waals surface area contributed by atoms with E-state index >= 15 is 0 Å². The first-order valence-corrected chi connectivity index (χ1v) is 7.56. The van der Waals surface area contributed by atoms with Gasteiger partial charge in [0.25, 0.3) is 0 Å². The second kappa shape index (κ2) is 6.91. The van der Waals surface area contributed by atoms with Gasteiger partial charge in [0.15, 0.2) is 0 Å². The van der Waals surface area contributed by atoms with Crippen LogP contribution >= 0.6 is 11.8 Å². The van der Waals surface area contributed by atoms with Crippen molar-refractivity contribution in [3.05, 3.63) is 24.4 Å². The lowest BCUT2D eigenvalue weighted by atomic mass is 9.99. The van der Waals surface area contributed by atoms with Crippen molar-refractivity contribution >= 4 is 17.7 Å². The molecule has 1 aromatic heterocycles. The number of carbonyl (C=O) groups is 1. The van der Waals surface area contributed by atoms with Gasteiger partial charge in [-0.25, -0.2) is 4.98 Å². The molecule has 1 aliphatic rings. The molecule has 0 spiro atoms. The average Bonchev–Trinajstić information content (AvgIpc) is 2.47. The quantitative estimate of drug-likeness (QED) is 0.854. The van der Waals surface area contributed by atoms with Gasteiger partial charge in [-0.15, -0.1) is 0 Å². The van der Waals surface area contributed by atoms with Gasteiger partial charge in [0.1, 0.15) is 0 Å². The van der Waals surface area contributed by atoms with E-state index in [0.717, 1.165) is 24.4 Å². The van der Waals surface area contributed by atoms with E-state index in [1.54, 1.807) is 6.20 Å². The molecule has 2 atom stereocenters. The molecule has 1 aliphatic heterocycles. The monoisotopic (exact) mass is 280 g/mol. The Labute approximate surface area is 118 Å². The Morgan fingerprint density at radius 2 is 2.47 bits per heavy atom. The summed E-state index contributed by atoms with van der Waals surface area (Å²) in [5.41, 5.74) is 0. The molecular weight excluding hydrogens is 260 g/mol. The molecule has 104 valence electrons. The third-order valence-electron chi connectivity index (χ3n) is 3.37. The molecule has 19 heavy (non-hydrogen) atoms. The molecule has 1 amide bonds. The van der Waals surface area contributed by atoms with Gasteiger partial charge in [-0.1, -0.05) is 17.8 Å². The maximum Gasteiger partial charge on any atom is 0.235 e. The van der Waals surface area contributed by atoms with Crippen molar-refractivity contribution in [2.75, 3.05) is 19.7 Å². The molecule has 1 saturated heterocycles. The van der Waals surface area contributed by atoms with Crippen LogP contribution < -0.4 is 0 Å². The van der Waals surface area contributed by atoms with E-state index in [4.69, 9.17) is 0 Å². The molecule has 0 saturated carbocycles. The van der Waals surface area contributed by atoms with Crippen molar-refractivity contribution in [2.24, 2.45) is 5.92 Å². The number of pyridine rings is 1. The number of hydrogen-bond donors (Lipinski definition) is 1. The SMILES string of the molecule is CC(Sc1ccccn1)C(=O)N1CCCC(CO)C1. The molecule has 0 aromatic carbocycles. The number of carbonyl (C=O) groups excluding carboxylic acids is 1. The summed E-state index contributed by atoms with van der Waals surface area (Å²) in [7, 11) is 0. The van der Waals surface area contributed by atoms with Crippen LogP contribution in [-0.2, 0) is 4.79 Å². The summed E-state index contributed by atoms with van der Waals surface area (Å²) < 4.78 is 0. The van der Waals surface area contributed by atoms with Gasteiger partial charge < -0.3 is 10.0 Å². The van der Waals surface area contributed by atoms with Crippen molar-refractivity contribution < 1.29 is 9.90 Å². The van der Waals surface area contributed by atoms with E-state index in [1.807, 2.05) is 30.0 Å². The predicted octanol–water partition coefficient (Wildman–Crippen LogP) is 1.79. The highest BCUT2D eigenvalue weighted by molar-refractivity contribution is 8.00. The van der Waals surface area contributed by atoms with Gasteiger partial charge in [0.2, 0.25) is 5.91 Å². The Balaban J connectivity index is 1.91. The van der Waals surface area contributed by atoms with Crippen LogP contribution in [0.4, 0.5) is 0 Å². The van der Waals surface area contributed by atoms with E-state index in [0.29, 0.717) is 6.54 Å². The number of rotatable bonds is 4. The molecule has 0 aliphatic carbocycles. The Morgan fingerprint density at radius 1 is 1.63 bits per heavy atom. The summed E-state index contributed by atoms with van der Waals surface area (Å²) in [4.78, 5) is 18.5. The van der Waals surface area contributed by atoms with Crippen molar-refractivity contribution in [3.63, 3.8) is 0 Å². The molecule has 1 fully saturated rings. The van der Waals surface area contributed by atoms with Crippen molar-refractivity contribution in [1.29, 1.82) is 0 Å². The molecule has 2 unspecified atom stereocenters. The minimum Gasteiger partial charge on any atom is -0.396 e. The van der Waals surface area contributed by atoms with Crippen LogP contribution in [0.25, 0.3) is 0 Å². The lowest BCUT2D eigenvalue weighted by molar-refractivity contribution is -0.132. The maximum atomic E-state index is 12.4. The fourth-order valence-electron chi connectivity index (χ4n) is 2.32. The molecule has 0 bridgehead atoms. The Bertz CT molecular complexity index is 413. The van der Waals surface area contributed by atoms with Gasteiger partial charge in [-0.2, -0.15) is 0 Å². The van der Waals surface area contributed by atoms with Crippen molar-refractivity contribution in [3.8, 4) is 0 Å². The lowest BCUT2D eigenvalue weighted by Gasteiger charge is -2.33. The lowest BCUT2D eigenvalue weighted by Crippen LogP contribution is -2.44. The Morgan fingerprint density at radius 3 is 3.16 bits per heavy atom. The van der Waals surface area contributed by atoms with Crippen LogP contribution in [0.1, 0.15) is 19.8 Å². The molecule has 2 heterocycles. The molecule has 5 heteroatoms. The maximum absolute atomic E-state index is 12.4. The molecule has 1 N–H and O–H groups in total. The largest absolute Gasteiger partial charge is 0.396 e. The van der Waals surface area contributed by atoms with Crippen LogP contribution in [0.2, 0.25) is 0 Å². The van der Waals surface area contributed by atoms with Crippen molar-refractivity contribution in [1.82, 2.24) is 9.88 Å². The highest BCUT2D eigenvalue weighted by Crippen LogP contribution is 2.24. The highest BCUT2D eigenvalue weighted by Gasteiger charge is 2.27. The summed E-state index contributed by atoms with van der Waals surface area (Å²) in [6.07, 6.45) is 3.74. The normalized spacial score (nSPS) is 21.2. The van der Waals surface area contributed by atoms with E-state index in [1.165, 1.54) is 11.8 Å². The average molecular weight is 280 g/mol. The number of hydrogen-bond acceptors (Lipinski definition) is 4. The Hall–Kier alpha value is -1.07. The van der Waals surface area contributed by atoms with Gasteiger partial charge in [-0.05, 0) is 37.8 Å². The van der Waals surface area contributed by atoms with Gasteiger partial charge >= 0.3 is 0 Å². The molecule has 0 radical (unpaired) electrons. The molecule has 1 aromatic rings. The van der Waals surface area contributed by atoms with Gasteiger partial charge in [0.05, 0.1) is 10.3 Å². The van der Waals surface area contributed by atoms with Crippen LogP contribution in [-0.4, -0.2) is 45.8 Å². The van der Waals surface area contributed by atoms with Crippen molar-refractivity contribution in [2.45, 2.75) is 30.0 Å². The fraction of sp³-hybridized carbons (Fsp3) is 0.571. The number of piperidine rings is 1. The number of likely N-dealkylation sites (tertiary alicyclic amines) is 1. The van der Waals surface area contributed by atoms with E-state index < -0.39 is 0 Å². The molecule has 2 rings (SSSR count). The first kappa shape index (κ1) is 14.3. The smallest absolute Gasteiger partial charge is 0.235 e. The Kier molecular flexibility index (Phi) is 5.22. The summed E-state index contributed by atoms with van der Waals surface area (Å²) in [6, 6.07) is 5.71. The molecular formula is C14H20N2O2S. The zero-order valence-electron chi connectivity index (χ0n) is 11.2. The summed E-state index contributed by atoms with van der Waals surface area (Å²) in [5, 5.41) is 9.95. The molecule has 4 nitrogen and oxygen atoms in total. The summed E-state index contributed by atoms with van der Waals surface area (Å²) in [5.74, 6) is 0.388. The topological polar surface area (TPSA) is 53.4 Å². The third-order valence-corrected chi connectivity index (χ3v) is 4.41.